The number of nitrogens with zero attached hydrogens (tertiary/aromatic N) is 2. The standard InChI is InChI=1S/C20H23ClN2O4S/c1-22(14-15-5-9-17(27-2)10-6-15)20(24)19-4-3-13-23(19)28(25,26)18-11-7-16(21)8-12-18/h5-12,19H,3-4,13-14H2,1-2H3. The highest BCUT2D eigenvalue weighted by Crippen LogP contribution is 2.28. The average Bonchev–Trinajstić information content (AvgIpc) is 3.19. The highest BCUT2D eigenvalue weighted by Gasteiger charge is 2.40. The number of carbonyl (C=O) groups excluding carboxylic acids is 1. The molecule has 1 aliphatic heterocycles. The number of hydrogen-bond donors (Lipinski definition) is 0. The lowest BCUT2D eigenvalue weighted by molar-refractivity contribution is -0.133. The van der Waals surface area contributed by atoms with Gasteiger partial charge < -0.3 is 9.64 Å². The normalized spacial score (nSPS) is 17.5. The minimum absolute atomic E-state index is 0.148. The van der Waals surface area contributed by atoms with E-state index in [1.165, 1.54) is 28.6 Å². The summed E-state index contributed by atoms with van der Waals surface area (Å²) in [4.78, 5) is 14.7. The molecular weight excluding hydrogens is 400 g/mol. The van der Waals surface area contributed by atoms with E-state index in [0.29, 0.717) is 31.0 Å². The molecule has 0 saturated carbocycles. The fourth-order valence-electron chi connectivity index (χ4n) is 3.35. The van der Waals surface area contributed by atoms with Gasteiger partial charge in [0.1, 0.15) is 11.8 Å². The van der Waals surface area contributed by atoms with Crippen LogP contribution >= 0.6 is 11.6 Å². The first-order valence-corrected chi connectivity index (χ1v) is 10.8. The Bertz CT molecular complexity index is 930. The summed E-state index contributed by atoms with van der Waals surface area (Å²) in [5.74, 6) is 0.541. The van der Waals surface area contributed by atoms with Gasteiger partial charge in [-0.3, -0.25) is 4.79 Å². The largest absolute Gasteiger partial charge is 0.497 e. The minimum atomic E-state index is -3.75. The average molecular weight is 423 g/mol. The molecule has 6 nitrogen and oxygen atoms in total. The van der Waals surface area contributed by atoms with Gasteiger partial charge in [0.25, 0.3) is 0 Å². The summed E-state index contributed by atoms with van der Waals surface area (Å²) in [5.41, 5.74) is 0.946. The van der Waals surface area contributed by atoms with Gasteiger partial charge in [-0.25, -0.2) is 8.42 Å². The second-order valence-corrected chi connectivity index (χ2v) is 9.10. The number of hydrogen-bond acceptors (Lipinski definition) is 4. The second-order valence-electron chi connectivity index (χ2n) is 6.77. The van der Waals surface area contributed by atoms with Gasteiger partial charge in [-0.05, 0) is 54.8 Å². The van der Waals surface area contributed by atoms with Crippen LogP contribution in [0.1, 0.15) is 18.4 Å². The van der Waals surface area contributed by atoms with Gasteiger partial charge in [0, 0.05) is 25.2 Å². The number of sulfonamides is 1. The molecule has 1 unspecified atom stereocenters. The number of halogens is 1. The molecule has 0 spiro atoms. The summed E-state index contributed by atoms with van der Waals surface area (Å²) in [7, 11) is -0.464. The van der Waals surface area contributed by atoms with Crippen LogP contribution < -0.4 is 4.74 Å². The van der Waals surface area contributed by atoms with E-state index >= 15 is 0 Å². The molecule has 1 heterocycles. The first-order valence-electron chi connectivity index (χ1n) is 8.98. The molecule has 0 N–H and O–H groups in total. The van der Waals surface area contributed by atoms with Crippen molar-refractivity contribution < 1.29 is 17.9 Å². The summed E-state index contributed by atoms with van der Waals surface area (Å²) in [6, 6.07) is 12.8. The van der Waals surface area contributed by atoms with Crippen LogP contribution in [0.4, 0.5) is 0 Å². The zero-order valence-electron chi connectivity index (χ0n) is 15.8. The van der Waals surface area contributed by atoms with Crippen LogP contribution in [-0.4, -0.2) is 50.3 Å². The van der Waals surface area contributed by atoms with Crippen LogP contribution in [0.15, 0.2) is 53.4 Å². The first-order chi connectivity index (χ1) is 13.3. The minimum Gasteiger partial charge on any atom is -0.497 e. The lowest BCUT2D eigenvalue weighted by Gasteiger charge is -2.27. The molecule has 1 saturated heterocycles. The van der Waals surface area contributed by atoms with Crippen LogP contribution in [-0.2, 0) is 21.4 Å². The van der Waals surface area contributed by atoms with Gasteiger partial charge >= 0.3 is 0 Å². The Hall–Kier alpha value is -2.09. The van der Waals surface area contributed by atoms with E-state index in [1.54, 1.807) is 19.1 Å². The van der Waals surface area contributed by atoms with Crippen molar-refractivity contribution in [3.05, 3.63) is 59.1 Å². The van der Waals surface area contributed by atoms with Crippen molar-refractivity contribution in [2.75, 3.05) is 20.7 Å². The molecule has 1 aliphatic rings. The smallest absolute Gasteiger partial charge is 0.243 e. The number of ether oxygens (including phenoxy) is 1. The quantitative estimate of drug-likeness (QED) is 0.717. The van der Waals surface area contributed by atoms with Crippen molar-refractivity contribution in [3.63, 3.8) is 0 Å². The number of rotatable bonds is 6. The first kappa shape index (κ1) is 20.6. The third kappa shape index (κ3) is 4.32. The Morgan fingerprint density at radius 3 is 2.43 bits per heavy atom. The second kappa shape index (κ2) is 8.51. The number of methoxy groups -OCH3 is 1. The van der Waals surface area contributed by atoms with Gasteiger partial charge in [-0.1, -0.05) is 23.7 Å². The number of amides is 1. The van der Waals surface area contributed by atoms with Crippen LogP contribution in [0.25, 0.3) is 0 Å². The van der Waals surface area contributed by atoms with E-state index in [9.17, 15) is 13.2 Å². The van der Waals surface area contributed by atoms with Gasteiger partial charge in [0.05, 0.1) is 12.0 Å². The van der Waals surface area contributed by atoms with Crippen molar-refractivity contribution in [3.8, 4) is 5.75 Å². The Kier molecular flexibility index (Phi) is 6.27. The number of carbonyl (C=O) groups is 1. The highest BCUT2D eigenvalue weighted by molar-refractivity contribution is 7.89. The van der Waals surface area contributed by atoms with E-state index in [1.807, 2.05) is 24.3 Å². The molecule has 8 heteroatoms. The van der Waals surface area contributed by atoms with Crippen molar-refractivity contribution in [2.45, 2.75) is 30.3 Å². The Morgan fingerprint density at radius 1 is 1.18 bits per heavy atom. The van der Waals surface area contributed by atoms with Crippen LogP contribution in [0.3, 0.4) is 0 Å². The fourth-order valence-corrected chi connectivity index (χ4v) is 5.13. The molecule has 2 aromatic rings. The molecule has 3 rings (SSSR count). The predicted molar refractivity (Wildman–Crippen MR) is 108 cm³/mol. The van der Waals surface area contributed by atoms with E-state index in [-0.39, 0.29) is 10.8 Å². The Morgan fingerprint density at radius 2 is 1.82 bits per heavy atom. The Balaban J connectivity index is 1.75. The third-order valence-electron chi connectivity index (χ3n) is 4.86. The fraction of sp³-hybridized carbons (Fsp3) is 0.350. The molecule has 2 aromatic carbocycles. The molecule has 1 amide bonds. The van der Waals surface area contributed by atoms with Gasteiger partial charge in [-0.15, -0.1) is 0 Å². The summed E-state index contributed by atoms with van der Waals surface area (Å²) in [6.45, 7) is 0.728. The van der Waals surface area contributed by atoms with Crippen LogP contribution in [0, 0.1) is 0 Å². The summed E-state index contributed by atoms with van der Waals surface area (Å²) in [6.07, 6.45) is 1.16. The Labute approximate surface area is 170 Å². The van der Waals surface area contributed by atoms with Crippen molar-refractivity contribution in [1.82, 2.24) is 9.21 Å². The van der Waals surface area contributed by atoms with Crippen molar-refractivity contribution >= 4 is 27.5 Å². The molecule has 0 bridgehead atoms. The maximum absolute atomic E-state index is 13.0. The lowest BCUT2D eigenvalue weighted by Crippen LogP contribution is -2.46. The summed E-state index contributed by atoms with van der Waals surface area (Å²) >= 11 is 5.86. The molecule has 0 aliphatic carbocycles. The maximum Gasteiger partial charge on any atom is 0.243 e. The molecule has 0 aromatic heterocycles. The maximum atomic E-state index is 13.0. The number of likely N-dealkylation sites (N-methyl/N-ethyl adjacent to an activating group) is 1. The monoisotopic (exact) mass is 422 g/mol. The summed E-state index contributed by atoms with van der Waals surface area (Å²) in [5, 5.41) is 0.465. The molecule has 1 atom stereocenters. The molecule has 28 heavy (non-hydrogen) atoms. The molecular formula is C20H23ClN2O4S. The van der Waals surface area contributed by atoms with E-state index in [0.717, 1.165) is 11.3 Å². The zero-order valence-corrected chi connectivity index (χ0v) is 17.4. The molecule has 150 valence electrons. The van der Waals surface area contributed by atoms with Crippen LogP contribution in [0.2, 0.25) is 5.02 Å². The van der Waals surface area contributed by atoms with Gasteiger partial charge in [0.15, 0.2) is 0 Å². The zero-order chi connectivity index (χ0) is 20.3. The topological polar surface area (TPSA) is 66.9 Å². The summed E-state index contributed by atoms with van der Waals surface area (Å²) < 4.78 is 32.5. The van der Waals surface area contributed by atoms with Crippen LogP contribution in [0.5, 0.6) is 5.75 Å². The van der Waals surface area contributed by atoms with Crippen molar-refractivity contribution in [2.24, 2.45) is 0 Å². The predicted octanol–water partition coefficient (Wildman–Crippen LogP) is 3.16. The SMILES string of the molecule is COc1ccc(CN(C)C(=O)C2CCCN2S(=O)(=O)c2ccc(Cl)cc2)cc1. The van der Waals surface area contributed by atoms with E-state index in [2.05, 4.69) is 0 Å². The molecule has 0 radical (unpaired) electrons. The van der Waals surface area contributed by atoms with E-state index in [4.69, 9.17) is 16.3 Å². The lowest BCUT2D eigenvalue weighted by atomic mass is 10.1. The van der Waals surface area contributed by atoms with Gasteiger partial charge in [-0.2, -0.15) is 4.31 Å². The van der Waals surface area contributed by atoms with E-state index < -0.39 is 16.1 Å². The molecule has 1 fully saturated rings. The van der Waals surface area contributed by atoms with Gasteiger partial charge in [0.2, 0.25) is 15.9 Å². The number of benzene rings is 2. The third-order valence-corrected chi connectivity index (χ3v) is 7.04. The van der Waals surface area contributed by atoms with Crippen molar-refractivity contribution in [1.29, 1.82) is 0 Å². The highest BCUT2D eigenvalue weighted by atomic mass is 35.5.